The second-order valence-electron chi connectivity index (χ2n) is 10.6. The van der Waals surface area contributed by atoms with Crippen LogP contribution in [0.1, 0.15) is 51.8 Å². The van der Waals surface area contributed by atoms with E-state index in [1.807, 2.05) is 6.92 Å². The maximum Gasteiger partial charge on any atom is 0.321 e. The minimum absolute atomic E-state index is 0.161. The molecule has 0 saturated carbocycles. The zero-order chi connectivity index (χ0) is 30.0. The molecular formula is C28H37N7O6. The van der Waals surface area contributed by atoms with Crippen LogP contribution in [0.3, 0.4) is 0 Å². The number of amides is 4. The Labute approximate surface area is 238 Å². The fourth-order valence-electron chi connectivity index (χ4n) is 4.79. The van der Waals surface area contributed by atoms with Crippen LogP contribution in [0.5, 0.6) is 5.75 Å². The second kappa shape index (κ2) is 12.0. The third kappa shape index (κ3) is 6.19. The van der Waals surface area contributed by atoms with Crippen molar-refractivity contribution in [3.63, 3.8) is 0 Å². The molecule has 3 N–H and O–H groups in total. The molecular weight excluding hydrogens is 530 g/mol. The Bertz CT molecular complexity index is 1430. The largest absolute Gasteiger partial charge is 0.485 e. The molecule has 0 bridgehead atoms. The molecule has 0 unspecified atom stereocenters. The second-order valence-corrected chi connectivity index (χ2v) is 10.6. The first-order chi connectivity index (χ1) is 19.4. The van der Waals surface area contributed by atoms with Crippen LogP contribution >= 0.6 is 0 Å². The average molecular weight is 568 g/mol. The zero-order valence-corrected chi connectivity index (χ0v) is 24.4. The van der Waals surface area contributed by atoms with Gasteiger partial charge in [0, 0.05) is 26.6 Å². The summed E-state index contributed by atoms with van der Waals surface area (Å²) in [4.78, 5) is 43.0. The number of aryl methyl sites for hydroxylation is 4. The standard InChI is InChI=1S/C28H37N7O6/c1-15-12-35(17(3)14-36)27(38)20-9-8-10-21(29-26(37)22-11-16(2)31-34(22)7)25(20)40-23(15)13-33(6)28(39)30-24-18(4)32-41-19(24)5/h8-11,15,17,23,36H,12-14H2,1-7H3,(H,29,37)(H,30,39)/t15-,17-,23+/m0/s1. The molecule has 4 amide bonds. The van der Waals surface area contributed by atoms with Gasteiger partial charge >= 0.3 is 6.03 Å². The molecule has 1 aliphatic rings. The van der Waals surface area contributed by atoms with Crippen molar-refractivity contribution < 1.29 is 28.8 Å². The van der Waals surface area contributed by atoms with E-state index in [9.17, 15) is 19.5 Å². The molecule has 1 aliphatic heterocycles. The normalized spacial score (nSPS) is 17.7. The van der Waals surface area contributed by atoms with E-state index in [0.717, 1.165) is 0 Å². The molecule has 220 valence electrons. The van der Waals surface area contributed by atoms with Gasteiger partial charge in [-0.1, -0.05) is 18.1 Å². The summed E-state index contributed by atoms with van der Waals surface area (Å²) < 4.78 is 13.1. The van der Waals surface area contributed by atoms with E-state index < -0.39 is 18.1 Å². The molecule has 3 atom stereocenters. The number of benzene rings is 1. The molecule has 13 heteroatoms. The van der Waals surface area contributed by atoms with E-state index in [1.54, 1.807) is 71.0 Å². The molecule has 0 radical (unpaired) electrons. The third-order valence-electron chi connectivity index (χ3n) is 7.24. The molecule has 0 fully saturated rings. The van der Waals surface area contributed by atoms with E-state index in [2.05, 4.69) is 20.9 Å². The maximum atomic E-state index is 13.7. The Morgan fingerprint density at radius 3 is 2.59 bits per heavy atom. The number of aliphatic hydroxyl groups excluding tert-OH is 1. The molecule has 0 spiro atoms. The molecule has 0 saturated heterocycles. The van der Waals surface area contributed by atoms with Crippen molar-refractivity contribution >= 4 is 29.2 Å². The van der Waals surface area contributed by atoms with Crippen LogP contribution in [0.2, 0.25) is 0 Å². The van der Waals surface area contributed by atoms with E-state index in [-0.39, 0.29) is 48.9 Å². The predicted molar refractivity (Wildman–Crippen MR) is 151 cm³/mol. The molecule has 2 aromatic heterocycles. The lowest BCUT2D eigenvalue weighted by atomic mass is 9.99. The summed E-state index contributed by atoms with van der Waals surface area (Å²) in [5.74, 6) is -0.315. The Kier molecular flexibility index (Phi) is 8.66. The number of ether oxygens (including phenoxy) is 1. The quantitative estimate of drug-likeness (QED) is 0.394. The van der Waals surface area contributed by atoms with Crippen molar-refractivity contribution in [2.75, 3.05) is 37.4 Å². The number of anilines is 2. The minimum Gasteiger partial charge on any atom is -0.485 e. The van der Waals surface area contributed by atoms with E-state index in [1.165, 1.54) is 9.58 Å². The Balaban J connectivity index is 1.67. The van der Waals surface area contributed by atoms with Crippen LogP contribution in [0.4, 0.5) is 16.2 Å². The van der Waals surface area contributed by atoms with E-state index >= 15 is 0 Å². The molecule has 1 aromatic carbocycles. The Hall–Kier alpha value is -4.39. The number of carbonyl (C=O) groups is 3. The highest BCUT2D eigenvalue weighted by Crippen LogP contribution is 2.35. The number of carbonyl (C=O) groups excluding carboxylic acids is 3. The van der Waals surface area contributed by atoms with Gasteiger partial charge in [0.25, 0.3) is 11.8 Å². The number of likely N-dealkylation sites (N-methyl/N-ethyl adjacent to an activating group) is 1. The van der Waals surface area contributed by atoms with Gasteiger partial charge in [-0.15, -0.1) is 0 Å². The number of aromatic nitrogens is 3. The van der Waals surface area contributed by atoms with Crippen molar-refractivity contribution in [2.24, 2.45) is 13.0 Å². The van der Waals surface area contributed by atoms with Crippen LogP contribution in [0, 0.1) is 26.7 Å². The van der Waals surface area contributed by atoms with Crippen LogP contribution in [-0.2, 0) is 7.05 Å². The topological polar surface area (TPSA) is 155 Å². The van der Waals surface area contributed by atoms with Gasteiger partial charge in [0.1, 0.15) is 23.2 Å². The van der Waals surface area contributed by atoms with Crippen LogP contribution in [-0.4, -0.2) is 86.6 Å². The first kappa shape index (κ1) is 29.6. The number of para-hydroxylation sites is 1. The molecule has 0 aliphatic carbocycles. The zero-order valence-electron chi connectivity index (χ0n) is 24.4. The summed E-state index contributed by atoms with van der Waals surface area (Å²) in [6, 6.07) is 5.75. The van der Waals surface area contributed by atoms with Crippen LogP contribution in [0.15, 0.2) is 28.8 Å². The molecule has 4 rings (SSSR count). The number of hydrogen-bond acceptors (Lipinski definition) is 8. The monoisotopic (exact) mass is 567 g/mol. The molecule has 41 heavy (non-hydrogen) atoms. The van der Waals surface area contributed by atoms with E-state index in [0.29, 0.717) is 34.2 Å². The lowest BCUT2D eigenvalue weighted by Gasteiger charge is -2.38. The lowest BCUT2D eigenvalue weighted by Crippen LogP contribution is -2.50. The van der Waals surface area contributed by atoms with Crippen LogP contribution in [0.25, 0.3) is 0 Å². The fourth-order valence-corrected chi connectivity index (χ4v) is 4.79. The lowest BCUT2D eigenvalue weighted by molar-refractivity contribution is 0.0372. The van der Waals surface area contributed by atoms with E-state index in [4.69, 9.17) is 9.26 Å². The minimum atomic E-state index is -0.576. The number of urea groups is 1. The SMILES string of the molecule is Cc1cc(C(=O)Nc2cccc3c2O[C@H](CN(C)C(=O)Nc2c(C)noc2C)[C@@H](C)CN([C@@H](C)CO)C3=O)n(C)n1. The first-order valence-electron chi connectivity index (χ1n) is 13.4. The number of rotatable bonds is 7. The molecule has 3 aromatic rings. The number of nitrogens with zero attached hydrogens (tertiary/aromatic N) is 5. The Morgan fingerprint density at radius 2 is 1.98 bits per heavy atom. The van der Waals surface area contributed by atoms with Crippen molar-refractivity contribution in [1.29, 1.82) is 0 Å². The summed E-state index contributed by atoms with van der Waals surface area (Å²) in [6.45, 7) is 9.14. The van der Waals surface area contributed by atoms with Gasteiger partial charge < -0.3 is 34.8 Å². The van der Waals surface area contributed by atoms with Gasteiger partial charge in [-0.25, -0.2) is 4.79 Å². The number of aliphatic hydroxyl groups is 1. The highest BCUT2D eigenvalue weighted by atomic mass is 16.5. The molecule has 3 heterocycles. The number of hydrogen-bond donors (Lipinski definition) is 3. The van der Waals surface area contributed by atoms with Gasteiger partial charge in [-0.05, 0) is 45.9 Å². The summed E-state index contributed by atoms with van der Waals surface area (Å²) >= 11 is 0. The van der Waals surface area contributed by atoms with Gasteiger partial charge in [0.2, 0.25) is 0 Å². The average Bonchev–Trinajstić information content (AvgIpc) is 3.44. The van der Waals surface area contributed by atoms with Gasteiger partial charge in [0.05, 0.1) is 36.1 Å². The predicted octanol–water partition coefficient (Wildman–Crippen LogP) is 2.97. The summed E-state index contributed by atoms with van der Waals surface area (Å²) in [7, 11) is 3.31. The third-order valence-corrected chi connectivity index (χ3v) is 7.24. The number of fused-ring (bicyclic) bond motifs is 1. The van der Waals surface area contributed by atoms with Crippen LogP contribution < -0.4 is 15.4 Å². The van der Waals surface area contributed by atoms with Crippen molar-refractivity contribution in [3.8, 4) is 5.75 Å². The van der Waals surface area contributed by atoms with Crippen molar-refractivity contribution in [2.45, 2.75) is 46.8 Å². The highest BCUT2D eigenvalue weighted by molar-refractivity contribution is 6.06. The fraction of sp³-hybridized carbons (Fsp3) is 0.464. The first-order valence-corrected chi connectivity index (χ1v) is 13.4. The van der Waals surface area contributed by atoms with Gasteiger partial charge in [0.15, 0.2) is 11.5 Å². The highest BCUT2D eigenvalue weighted by Gasteiger charge is 2.35. The summed E-state index contributed by atoms with van der Waals surface area (Å²) in [5, 5.41) is 23.7. The summed E-state index contributed by atoms with van der Waals surface area (Å²) in [6.07, 6.45) is -0.576. The van der Waals surface area contributed by atoms with Crippen molar-refractivity contribution in [1.82, 2.24) is 24.7 Å². The van der Waals surface area contributed by atoms with Gasteiger partial charge in [-0.3, -0.25) is 14.3 Å². The van der Waals surface area contributed by atoms with Gasteiger partial charge in [-0.2, -0.15) is 5.10 Å². The smallest absolute Gasteiger partial charge is 0.321 e. The summed E-state index contributed by atoms with van der Waals surface area (Å²) in [5.41, 5.74) is 2.64. The van der Waals surface area contributed by atoms with Crippen molar-refractivity contribution in [3.05, 3.63) is 52.7 Å². The maximum absolute atomic E-state index is 13.7. The Morgan fingerprint density at radius 1 is 1.24 bits per heavy atom. The number of nitrogens with one attached hydrogen (secondary N) is 2. The molecule has 13 nitrogen and oxygen atoms in total.